The molecule has 6 heterocycles. The van der Waals surface area contributed by atoms with Crippen LogP contribution in [0.5, 0.6) is 0 Å². The molecule has 10 aromatic rings. The Morgan fingerprint density at radius 2 is 0.720 bits per heavy atom. The number of aromatic nitrogens is 6. The molecule has 0 amide bonds. The topological polar surface area (TPSA) is 61.4 Å². The van der Waals surface area contributed by atoms with E-state index >= 15 is 0 Å². The van der Waals surface area contributed by atoms with Gasteiger partial charge < -0.3 is 9.13 Å². The zero-order chi connectivity index (χ0) is 33.0. The first kappa shape index (κ1) is 28.1. The van der Waals surface area contributed by atoms with Crippen LogP contribution < -0.4 is 0 Å². The van der Waals surface area contributed by atoms with Crippen LogP contribution in [-0.2, 0) is 0 Å². The summed E-state index contributed by atoms with van der Waals surface area (Å²) in [7, 11) is 0. The third-order valence-electron chi connectivity index (χ3n) is 9.55. The SMILES string of the molecule is c1cc(-c2ccc(-n3c4ccccc4c4cnccc43)cc2)nc(-c2cccc(-c3ccc(-n4c5ccccc5c5cnccc54)cc3)n2)c1. The van der Waals surface area contributed by atoms with Crippen molar-refractivity contribution >= 4 is 43.6 Å². The van der Waals surface area contributed by atoms with Gasteiger partial charge in [0.05, 0.1) is 44.8 Å². The maximum absolute atomic E-state index is 5.06. The highest BCUT2D eigenvalue weighted by Gasteiger charge is 2.14. The summed E-state index contributed by atoms with van der Waals surface area (Å²) >= 11 is 0. The Bertz CT molecular complexity index is 2560. The van der Waals surface area contributed by atoms with Gasteiger partial charge in [-0.3, -0.25) is 9.97 Å². The Morgan fingerprint density at radius 1 is 0.320 bits per heavy atom. The number of benzene rings is 4. The van der Waals surface area contributed by atoms with Crippen molar-refractivity contribution in [3.8, 4) is 45.3 Å². The highest BCUT2D eigenvalue weighted by atomic mass is 15.0. The normalized spacial score (nSPS) is 11.6. The van der Waals surface area contributed by atoms with Crippen LogP contribution in [0.15, 0.2) is 170 Å². The lowest BCUT2D eigenvalue weighted by Gasteiger charge is -2.11. The van der Waals surface area contributed by atoms with Crippen molar-refractivity contribution in [3.63, 3.8) is 0 Å². The van der Waals surface area contributed by atoms with Crippen LogP contribution in [0.25, 0.3) is 88.9 Å². The number of nitrogens with zero attached hydrogens (tertiary/aromatic N) is 6. The summed E-state index contributed by atoms with van der Waals surface area (Å²) in [5.41, 5.74) is 12.3. The van der Waals surface area contributed by atoms with Crippen molar-refractivity contribution in [3.05, 3.63) is 170 Å². The van der Waals surface area contributed by atoms with E-state index < -0.39 is 0 Å². The average molecular weight is 641 g/mol. The monoisotopic (exact) mass is 640 g/mol. The number of pyridine rings is 4. The molecule has 234 valence electrons. The van der Waals surface area contributed by atoms with Crippen LogP contribution in [0.2, 0.25) is 0 Å². The predicted octanol–water partition coefficient (Wildman–Crippen LogP) is 10.5. The Kier molecular flexibility index (Phi) is 6.39. The highest BCUT2D eigenvalue weighted by Crippen LogP contribution is 2.34. The molecule has 0 aliphatic heterocycles. The molecule has 0 atom stereocenters. The van der Waals surface area contributed by atoms with Gasteiger partial charge in [0.25, 0.3) is 0 Å². The molecule has 6 aromatic heterocycles. The first-order valence-electron chi connectivity index (χ1n) is 16.6. The number of rotatable bonds is 5. The van der Waals surface area contributed by atoms with Gasteiger partial charge in [0.2, 0.25) is 0 Å². The van der Waals surface area contributed by atoms with Crippen LogP contribution in [0.3, 0.4) is 0 Å². The van der Waals surface area contributed by atoms with Gasteiger partial charge in [-0.25, -0.2) is 9.97 Å². The lowest BCUT2D eigenvalue weighted by Crippen LogP contribution is -1.95. The largest absolute Gasteiger partial charge is 0.309 e. The summed E-state index contributed by atoms with van der Waals surface area (Å²) in [4.78, 5) is 18.9. The van der Waals surface area contributed by atoms with Crippen molar-refractivity contribution < 1.29 is 0 Å². The van der Waals surface area contributed by atoms with Crippen LogP contribution in [0.4, 0.5) is 0 Å². The number of fused-ring (bicyclic) bond motifs is 6. The summed E-state index contributed by atoms with van der Waals surface area (Å²) in [6, 6.07) is 50.6. The standard InChI is InChI=1S/C44H28N6/c1-3-13-41-33(7-1)35-27-45-25-23-43(35)49(41)31-19-15-29(16-20-31)37-9-5-11-39(47-37)40-12-6-10-38(48-40)30-17-21-32(22-18-30)50-42-14-4-2-8-34(42)36-28-46-26-24-44(36)50/h1-28H. The maximum Gasteiger partial charge on any atom is 0.0893 e. The van der Waals surface area contributed by atoms with Gasteiger partial charge in [-0.1, -0.05) is 72.8 Å². The molecule has 0 aliphatic rings. The van der Waals surface area contributed by atoms with Gasteiger partial charge in [0.15, 0.2) is 0 Å². The molecule has 0 N–H and O–H groups in total. The van der Waals surface area contributed by atoms with Crippen molar-refractivity contribution in [2.75, 3.05) is 0 Å². The van der Waals surface area contributed by atoms with Crippen LogP contribution >= 0.6 is 0 Å². The molecular formula is C44H28N6. The fraction of sp³-hybridized carbons (Fsp3) is 0. The van der Waals surface area contributed by atoms with E-state index in [1.165, 1.54) is 10.8 Å². The van der Waals surface area contributed by atoms with E-state index in [2.05, 4.69) is 153 Å². The zero-order valence-electron chi connectivity index (χ0n) is 26.8. The van der Waals surface area contributed by atoms with Gasteiger partial charge >= 0.3 is 0 Å². The minimum absolute atomic E-state index is 0.832. The number of hydrogen-bond donors (Lipinski definition) is 0. The van der Waals surface area contributed by atoms with Crippen LogP contribution in [0.1, 0.15) is 0 Å². The summed E-state index contributed by atoms with van der Waals surface area (Å²) in [5, 5.41) is 4.68. The summed E-state index contributed by atoms with van der Waals surface area (Å²) in [5.74, 6) is 0. The molecule has 0 unspecified atom stereocenters. The minimum Gasteiger partial charge on any atom is -0.309 e. The van der Waals surface area contributed by atoms with Gasteiger partial charge in [-0.2, -0.15) is 0 Å². The third-order valence-corrected chi connectivity index (χ3v) is 9.55. The first-order chi connectivity index (χ1) is 24.8. The Hall–Kier alpha value is -6.92. The van der Waals surface area contributed by atoms with Crippen molar-refractivity contribution in [1.82, 2.24) is 29.1 Å². The molecule has 0 bridgehead atoms. The van der Waals surface area contributed by atoms with E-state index in [0.717, 1.165) is 78.1 Å². The summed E-state index contributed by atoms with van der Waals surface area (Å²) in [6.45, 7) is 0. The lowest BCUT2D eigenvalue weighted by molar-refractivity contribution is 1.17. The molecule has 10 rings (SSSR count). The van der Waals surface area contributed by atoms with Gasteiger partial charge in [-0.15, -0.1) is 0 Å². The average Bonchev–Trinajstić information content (AvgIpc) is 3.71. The zero-order valence-corrected chi connectivity index (χ0v) is 26.8. The predicted molar refractivity (Wildman–Crippen MR) is 203 cm³/mol. The Labute approximate surface area is 287 Å². The quantitative estimate of drug-likeness (QED) is 0.188. The second-order valence-electron chi connectivity index (χ2n) is 12.4. The van der Waals surface area contributed by atoms with Crippen molar-refractivity contribution in [1.29, 1.82) is 0 Å². The number of hydrogen-bond acceptors (Lipinski definition) is 4. The van der Waals surface area contributed by atoms with E-state index in [1.54, 1.807) is 0 Å². The smallest absolute Gasteiger partial charge is 0.0893 e. The minimum atomic E-state index is 0.832. The molecule has 0 fully saturated rings. The van der Waals surface area contributed by atoms with E-state index in [9.17, 15) is 0 Å². The van der Waals surface area contributed by atoms with Gasteiger partial charge in [0.1, 0.15) is 0 Å². The second kappa shape index (κ2) is 11.4. The van der Waals surface area contributed by atoms with Gasteiger partial charge in [-0.05, 0) is 72.8 Å². The molecule has 6 nitrogen and oxygen atoms in total. The molecule has 0 saturated heterocycles. The molecule has 0 saturated carbocycles. The highest BCUT2D eigenvalue weighted by molar-refractivity contribution is 6.09. The molecule has 0 aliphatic carbocycles. The molecule has 6 heteroatoms. The fourth-order valence-corrected chi connectivity index (χ4v) is 7.23. The van der Waals surface area contributed by atoms with E-state index in [4.69, 9.17) is 9.97 Å². The van der Waals surface area contributed by atoms with E-state index in [-0.39, 0.29) is 0 Å². The van der Waals surface area contributed by atoms with Crippen molar-refractivity contribution in [2.45, 2.75) is 0 Å². The first-order valence-corrected chi connectivity index (χ1v) is 16.6. The number of para-hydroxylation sites is 2. The second-order valence-corrected chi connectivity index (χ2v) is 12.4. The Morgan fingerprint density at radius 3 is 1.18 bits per heavy atom. The fourth-order valence-electron chi connectivity index (χ4n) is 7.23. The van der Waals surface area contributed by atoms with Crippen LogP contribution in [-0.4, -0.2) is 29.1 Å². The lowest BCUT2D eigenvalue weighted by atomic mass is 10.1. The van der Waals surface area contributed by atoms with E-state index in [0.29, 0.717) is 0 Å². The molecule has 4 aromatic carbocycles. The van der Waals surface area contributed by atoms with Gasteiger partial charge in [0, 0.05) is 68.8 Å². The van der Waals surface area contributed by atoms with Crippen molar-refractivity contribution in [2.24, 2.45) is 0 Å². The molecule has 0 spiro atoms. The molecule has 50 heavy (non-hydrogen) atoms. The van der Waals surface area contributed by atoms with E-state index in [1.807, 2.05) is 36.9 Å². The van der Waals surface area contributed by atoms with Crippen LogP contribution in [0, 0.1) is 0 Å². The molecule has 0 radical (unpaired) electrons. The maximum atomic E-state index is 5.06. The molecular weight excluding hydrogens is 613 g/mol. The third kappa shape index (κ3) is 4.50. The summed E-state index contributed by atoms with van der Waals surface area (Å²) in [6.07, 6.45) is 7.59. The Balaban J connectivity index is 0.962. The summed E-state index contributed by atoms with van der Waals surface area (Å²) < 4.78 is 4.59.